The highest BCUT2D eigenvalue weighted by Gasteiger charge is 2.26. The molecule has 0 spiro atoms. The van der Waals surface area contributed by atoms with Crippen LogP contribution in [0.3, 0.4) is 0 Å². The number of aromatic amines is 1. The number of nitrogens with zero attached hydrogens (tertiary/aromatic N) is 1. The average Bonchev–Trinajstić information content (AvgIpc) is 3.12. The molecule has 1 saturated carbocycles. The first-order chi connectivity index (χ1) is 8.29. The van der Waals surface area contributed by atoms with Gasteiger partial charge in [-0.3, -0.25) is 4.79 Å². The number of rotatable bonds is 7. The second-order valence-electron chi connectivity index (χ2n) is 4.65. The van der Waals surface area contributed by atoms with Crippen LogP contribution >= 0.6 is 0 Å². The monoisotopic (exact) mass is 236 g/mol. The van der Waals surface area contributed by atoms with E-state index in [1.165, 1.54) is 25.3 Å². The van der Waals surface area contributed by atoms with E-state index in [1.54, 1.807) is 0 Å². The highest BCUT2D eigenvalue weighted by molar-refractivity contribution is 5.13. The van der Waals surface area contributed by atoms with E-state index in [0.717, 1.165) is 25.1 Å². The van der Waals surface area contributed by atoms with Crippen LogP contribution in [0.5, 0.6) is 5.88 Å². The standard InChI is InChI=1S/C13H20N2O2/c1-2-3-4-5-8-17-12-9-11(16)14-13(15-12)10-6-7-10/h9-10H,2-8H2,1H3,(H,14,15,16). The molecule has 4 nitrogen and oxygen atoms in total. The van der Waals surface area contributed by atoms with Crippen molar-refractivity contribution in [1.29, 1.82) is 0 Å². The fraction of sp³-hybridized carbons (Fsp3) is 0.692. The van der Waals surface area contributed by atoms with Gasteiger partial charge in [0.1, 0.15) is 5.82 Å². The molecule has 1 heterocycles. The normalized spacial score (nSPS) is 14.9. The fourth-order valence-electron chi connectivity index (χ4n) is 1.78. The second kappa shape index (κ2) is 5.84. The van der Waals surface area contributed by atoms with E-state index in [1.807, 2.05) is 0 Å². The molecule has 1 aliphatic rings. The van der Waals surface area contributed by atoms with Gasteiger partial charge in [-0.25, -0.2) is 0 Å². The topological polar surface area (TPSA) is 55.0 Å². The summed E-state index contributed by atoms with van der Waals surface area (Å²) < 4.78 is 5.52. The quantitative estimate of drug-likeness (QED) is 0.740. The van der Waals surface area contributed by atoms with Gasteiger partial charge in [0.15, 0.2) is 0 Å². The Bertz CT molecular complexity index is 410. The van der Waals surface area contributed by atoms with Gasteiger partial charge in [-0.15, -0.1) is 0 Å². The predicted octanol–water partition coefficient (Wildman–Crippen LogP) is 2.61. The first-order valence-corrected chi connectivity index (χ1v) is 6.53. The van der Waals surface area contributed by atoms with E-state index < -0.39 is 0 Å². The number of ether oxygens (including phenoxy) is 1. The zero-order valence-electron chi connectivity index (χ0n) is 10.4. The zero-order valence-corrected chi connectivity index (χ0v) is 10.4. The lowest BCUT2D eigenvalue weighted by atomic mass is 10.2. The lowest BCUT2D eigenvalue weighted by Gasteiger charge is -2.06. The minimum atomic E-state index is -0.106. The van der Waals surface area contributed by atoms with Crippen molar-refractivity contribution in [2.45, 2.75) is 51.4 Å². The van der Waals surface area contributed by atoms with Crippen molar-refractivity contribution >= 4 is 0 Å². The molecule has 0 saturated heterocycles. The molecule has 1 N–H and O–H groups in total. The maximum absolute atomic E-state index is 11.4. The molecule has 0 unspecified atom stereocenters. The van der Waals surface area contributed by atoms with Crippen LogP contribution in [0.15, 0.2) is 10.9 Å². The van der Waals surface area contributed by atoms with Crippen LogP contribution in [0.25, 0.3) is 0 Å². The summed E-state index contributed by atoms with van der Waals surface area (Å²) in [5.41, 5.74) is -0.106. The highest BCUT2D eigenvalue weighted by atomic mass is 16.5. The molecule has 0 atom stereocenters. The van der Waals surface area contributed by atoms with Crippen molar-refractivity contribution in [2.75, 3.05) is 6.61 Å². The van der Waals surface area contributed by atoms with Gasteiger partial charge in [-0.2, -0.15) is 4.98 Å². The number of unbranched alkanes of at least 4 members (excludes halogenated alkanes) is 3. The zero-order chi connectivity index (χ0) is 12.1. The average molecular weight is 236 g/mol. The Morgan fingerprint density at radius 2 is 2.24 bits per heavy atom. The summed E-state index contributed by atoms with van der Waals surface area (Å²) in [6, 6.07) is 1.44. The Morgan fingerprint density at radius 1 is 1.41 bits per heavy atom. The van der Waals surface area contributed by atoms with Gasteiger partial charge in [0.05, 0.1) is 12.7 Å². The molecular weight excluding hydrogens is 216 g/mol. The summed E-state index contributed by atoms with van der Waals surface area (Å²) >= 11 is 0. The van der Waals surface area contributed by atoms with Crippen LogP contribution < -0.4 is 10.3 Å². The summed E-state index contributed by atoms with van der Waals surface area (Å²) in [4.78, 5) is 18.5. The van der Waals surface area contributed by atoms with E-state index >= 15 is 0 Å². The van der Waals surface area contributed by atoms with Gasteiger partial charge in [0.25, 0.3) is 5.56 Å². The van der Waals surface area contributed by atoms with Crippen LogP contribution in [-0.4, -0.2) is 16.6 Å². The van der Waals surface area contributed by atoms with E-state index in [0.29, 0.717) is 18.4 Å². The molecule has 17 heavy (non-hydrogen) atoms. The Labute approximate surface area is 101 Å². The first-order valence-electron chi connectivity index (χ1n) is 6.53. The first kappa shape index (κ1) is 12.1. The van der Waals surface area contributed by atoms with Crippen molar-refractivity contribution < 1.29 is 4.74 Å². The number of aromatic nitrogens is 2. The predicted molar refractivity (Wildman–Crippen MR) is 66.5 cm³/mol. The van der Waals surface area contributed by atoms with E-state index in [-0.39, 0.29) is 5.56 Å². The van der Waals surface area contributed by atoms with E-state index in [4.69, 9.17) is 4.74 Å². The highest BCUT2D eigenvalue weighted by Crippen LogP contribution is 2.37. The largest absolute Gasteiger partial charge is 0.477 e. The van der Waals surface area contributed by atoms with Crippen molar-refractivity contribution in [2.24, 2.45) is 0 Å². The maximum Gasteiger partial charge on any atom is 0.254 e. The summed E-state index contributed by atoms with van der Waals surface area (Å²) in [5.74, 6) is 1.72. The Kier molecular flexibility index (Phi) is 4.18. The van der Waals surface area contributed by atoms with Gasteiger partial charge < -0.3 is 9.72 Å². The molecule has 0 bridgehead atoms. The van der Waals surface area contributed by atoms with Crippen LogP contribution in [0, 0.1) is 0 Å². The summed E-state index contributed by atoms with van der Waals surface area (Å²) in [7, 11) is 0. The lowest BCUT2D eigenvalue weighted by Crippen LogP contribution is -2.12. The maximum atomic E-state index is 11.4. The van der Waals surface area contributed by atoms with Crippen molar-refractivity contribution in [3.8, 4) is 5.88 Å². The van der Waals surface area contributed by atoms with Gasteiger partial charge in [0, 0.05) is 5.92 Å². The molecule has 0 aromatic carbocycles. The van der Waals surface area contributed by atoms with Gasteiger partial charge >= 0.3 is 0 Å². The third kappa shape index (κ3) is 3.88. The molecule has 0 radical (unpaired) electrons. The molecule has 0 aliphatic heterocycles. The van der Waals surface area contributed by atoms with Gasteiger partial charge in [0.2, 0.25) is 5.88 Å². The lowest BCUT2D eigenvalue weighted by molar-refractivity contribution is 0.292. The Hall–Kier alpha value is -1.32. The molecule has 4 heteroatoms. The van der Waals surface area contributed by atoms with Gasteiger partial charge in [-0.05, 0) is 19.3 Å². The molecule has 1 aliphatic carbocycles. The van der Waals surface area contributed by atoms with Crippen LogP contribution in [0.4, 0.5) is 0 Å². The summed E-state index contributed by atoms with van der Waals surface area (Å²) in [5, 5.41) is 0. The van der Waals surface area contributed by atoms with Crippen molar-refractivity contribution in [3.63, 3.8) is 0 Å². The molecule has 94 valence electrons. The molecule has 1 aromatic heterocycles. The number of nitrogens with one attached hydrogen (secondary N) is 1. The second-order valence-corrected chi connectivity index (χ2v) is 4.65. The third-order valence-corrected chi connectivity index (χ3v) is 2.95. The molecule has 0 amide bonds. The minimum absolute atomic E-state index is 0.106. The SMILES string of the molecule is CCCCCCOc1cc(=O)[nH]c(C2CC2)n1. The minimum Gasteiger partial charge on any atom is -0.477 e. The van der Waals surface area contributed by atoms with Crippen molar-refractivity contribution in [3.05, 3.63) is 22.2 Å². The molecule has 2 rings (SSSR count). The third-order valence-electron chi connectivity index (χ3n) is 2.95. The molecule has 1 fully saturated rings. The van der Waals surface area contributed by atoms with Crippen LogP contribution in [0.1, 0.15) is 57.2 Å². The van der Waals surface area contributed by atoms with E-state index in [2.05, 4.69) is 16.9 Å². The number of hydrogen-bond donors (Lipinski definition) is 1. The van der Waals surface area contributed by atoms with Crippen LogP contribution in [0.2, 0.25) is 0 Å². The molecule has 1 aromatic rings. The fourth-order valence-corrected chi connectivity index (χ4v) is 1.78. The van der Waals surface area contributed by atoms with Crippen LogP contribution in [-0.2, 0) is 0 Å². The molecular formula is C13H20N2O2. The number of H-pyrrole nitrogens is 1. The van der Waals surface area contributed by atoms with Gasteiger partial charge in [-0.1, -0.05) is 26.2 Å². The Morgan fingerprint density at radius 3 is 2.94 bits per heavy atom. The smallest absolute Gasteiger partial charge is 0.254 e. The Balaban J connectivity index is 1.85. The number of hydrogen-bond acceptors (Lipinski definition) is 3. The van der Waals surface area contributed by atoms with Crippen molar-refractivity contribution in [1.82, 2.24) is 9.97 Å². The summed E-state index contributed by atoms with van der Waals surface area (Å²) in [6.07, 6.45) is 6.91. The van der Waals surface area contributed by atoms with E-state index in [9.17, 15) is 4.79 Å². The summed E-state index contributed by atoms with van der Waals surface area (Å²) in [6.45, 7) is 2.83.